The van der Waals surface area contributed by atoms with Gasteiger partial charge in [0.2, 0.25) is 11.8 Å². The summed E-state index contributed by atoms with van der Waals surface area (Å²) in [5, 5.41) is 2.38. The van der Waals surface area contributed by atoms with Gasteiger partial charge in [-0.15, -0.1) is 0 Å². The number of imide groups is 1. The molecule has 0 spiro atoms. The van der Waals surface area contributed by atoms with Gasteiger partial charge < -0.3 is 10.2 Å². The van der Waals surface area contributed by atoms with Crippen molar-refractivity contribution in [3.05, 3.63) is 0 Å². The van der Waals surface area contributed by atoms with Crippen molar-refractivity contribution in [3.8, 4) is 0 Å². The van der Waals surface area contributed by atoms with Gasteiger partial charge in [-0.1, -0.05) is 0 Å². The molecule has 0 aromatic heterocycles. The third kappa shape index (κ3) is 2.21. The van der Waals surface area contributed by atoms with E-state index in [9.17, 15) is 14.4 Å². The topological polar surface area (TPSA) is 69.7 Å². The second kappa shape index (κ2) is 4.08. The number of rotatable bonds is 3. The molecule has 1 saturated heterocycles. The van der Waals surface area contributed by atoms with Gasteiger partial charge in [-0.3, -0.25) is 14.5 Å². The Morgan fingerprint density at radius 1 is 1.50 bits per heavy atom. The van der Waals surface area contributed by atoms with Crippen LogP contribution in [0.25, 0.3) is 0 Å². The molecule has 1 rings (SSSR count). The molecule has 1 aliphatic heterocycles. The number of nitrogens with zero attached hydrogens (tertiary/aromatic N) is 2. The fraction of sp³-hybridized carbons (Fsp3) is 0.625. The average molecular weight is 199 g/mol. The van der Waals surface area contributed by atoms with E-state index in [0.29, 0.717) is 0 Å². The van der Waals surface area contributed by atoms with Crippen LogP contribution in [0.1, 0.15) is 6.42 Å². The normalized spacial score (nSPS) is 15.7. The van der Waals surface area contributed by atoms with Crippen LogP contribution in [-0.2, 0) is 9.59 Å². The molecule has 78 valence electrons. The first kappa shape index (κ1) is 10.5. The summed E-state index contributed by atoms with van der Waals surface area (Å²) in [6.07, 6.45) is 0.173. The molecule has 1 heterocycles. The molecule has 0 radical (unpaired) electrons. The van der Waals surface area contributed by atoms with E-state index in [-0.39, 0.29) is 31.3 Å². The van der Waals surface area contributed by atoms with Gasteiger partial charge in [0.1, 0.15) is 0 Å². The van der Waals surface area contributed by atoms with E-state index < -0.39 is 6.03 Å². The standard InChI is InChI=1S/C8H13N3O3/c1-10(2)6(12)3-4-11-7(13)5-9-8(11)14/h3-5H2,1-2H3,(H,9,14). The second-order valence-corrected chi connectivity index (χ2v) is 3.24. The van der Waals surface area contributed by atoms with Gasteiger partial charge in [0.15, 0.2) is 0 Å². The Morgan fingerprint density at radius 2 is 2.14 bits per heavy atom. The molecule has 6 nitrogen and oxygen atoms in total. The summed E-state index contributed by atoms with van der Waals surface area (Å²) in [4.78, 5) is 35.8. The van der Waals surface area contributed by atoms with Crippen LogP contribution in [0.4, 0.5) is 4.79 Å². The second-order valence-electron chi connectivity index (χ2n) is 3.24. The van der Waals surface area contributed by atoms with Gasteiger partial charge >= 0.3 is 6.03 Å². The van der Waals surface area contributed by atoms with Crippen molar-refractivity contribution in [3.63, 3.8) is 0 Å². The van der Waals surface area contributed by atoms with Crippen molar-refractivity contribution < 1.29 is 14.4 Å². The summed E-state index contributed by atoms with van der Waals surface area (Å²) in [5.41, 5.74) is 0. The molecule has 0 unspecified atom stereocenters. The maximum Gasteiger partial charge on any atom is 0.324 e. The summed E-state index contributed by atoms with van der Waals surface area (Å²) in [6, 6.07) is -0.415. The van der Waals surface area contributed by atoms with E-state index >= 15 is 0 Å². The molecule has 4 amide bonds. The Kier molecular flexibility index (Phi) is 3.06. The lowest BCUT2D eigenvalue weighted by Crippen LogP contribution is -2.35. The van der Waals surface area contributed by atoms with Crippen molar-refractivity contribution in [1.82, 2.24) is 15.1 Å². The minimum absolute atomic E-state index is 0.0367. The minimum atomic E-state index is -0.415. The number of urea groups is 1. The van der Waals surface area contributed by atoms with Crippen LogP contribution in [0, 0.1) is 0 Å². The maximum absolute atomic E-state index is 11.2. The molecule has 1 fully saturated rings. The number of hydrogen-bond acceptors (Lipinski definition) is 3. The number of hydrogen-bond donors (Lipinski definition) is 1. The van der Waals surface area contributed by atoms with Crippen LogP contribution in [0.3, 0.4) is 0 Å². The van der Waals surface area contributed by atoms with E-state index in [4.69, 9.17) is 0 Å². The average Bonchev–Trinajstić information content (AvgIpc) is 2.43. The molecule has 1 aliphatic rings. The predicted octanol–water partition coefficient (Wildman–Crippen LogP) is -0.983. The van der Waals surface area contributed by atoms with Gasteiger partial charge in [0, 0.05) is 27.1 Å². The van der Waals surface area contributed by atoms with Crippen LogP contribution >= 0.6 is 0 Å². The van der Waals surface area contributed by atoms with Crippen molar-refractivity contribution >= 4 is 17.8 Å². The lowest BCUT2D eigenvalue weighted by Gasteiger charge is -2.14. The molecule has 1 N–H and O–H groups in total. The zero-order valence-corrected chi connectivity index (χ0v) is 8.24. The highest BCUT2D eigenvalue weighted by Gasteiger charge is 2.28. The van der Waals surface area contributed by atoms with Crippen LogP contribution in [0.2, 0.25) is 0 Å². The molecular formula is C8H13N3O3. The number of amides is 4. The van der Waals surface area contributed by atoms with Crippen LogP contribution < -0.4 is 5.32 Å². The van der Waals surface area contributed by atoms with Gasteiger partial charge in [-0.25, -0.2) is 4.79 Å². The molecule has 0 atom stereocenters. The maximum atomic E-state index is 11.2. The highest BCUT2D eigenvalue weighted by atomic mass is 16.2. The molecular weight excluding hydrogens is 186 g/mol. The largest absolute Gasteiger partial charge is 0.349 e. The monoisotopic (exact) mass is 199 g/mol. The van der Waals surface area contributed by atoms with Crippen molar-refractivity contribution in [2.75, 3.05) is 27.2 Å². The number of carbonyl (C=O) groups excluding carboxylic acids is 3. The first-order valence-corrected chi connectivity index (χ1v) is 4.30. The van der Waals surface area contributed by atoms with Crippen LogP contribution in [0.15, 0.2) is 0 Å². The summed E-state index contributed by atoms with van der Waals surface area (Å²) < 4.78 is 0. The molecule has 6 heteroatoms. The molecule has 0 aliphatic carbocycles. The van der Waals surface area contributed by atoms with Crippen molar-refractivity contribution in [2.45, 2.75) is 6.42 Å². The summed E-state index contributed by atoms with van der Waals surface area (Å²) in [6.45, 7) is 0.191. The molecule has 0 aromatic carbocycles. The number of nitrogens with one attached hydrogen (secondary N) is 1. The Labute approximate surface area is 81.8 Å². The Bertz CT molecular complexity index is 259. The third-order valence-electron chi connectivity index (χ3n) is 1.99. The van der Waals surface area contributed by atoms with E-state index in [1.54, 1.807) is 14.1 Å². The van der Waals surface area contributed by atoms with E-state index in [2.05, 4.69) is 5.32 Å². The Balaban J connectivity index is 2.41. The quantitative estimate of drug-likeness (QED) is 0.594. The van der Waals surface area contributed by atoms with Crippen LogP contribution in [0.5, 0.6) is 0 Å². The van der Waals surface area contributed by atoms with E-state index in [0.717, 1.165) is 4.90 Å². The fourth-order valence-corrected chi connectivity index (χ4v) is 1.11. The van der Waals surface area contributed by atoms with Gasteiger partial charge in [-0.05, 0) is 0 Å². The summed E-state index contributed by atoms with van der Waals surface area (Å²) >= 11 is 0. The molecule has 14 heavy (non-hydrogen) atoms. The van der Waals surface area contributed by atoms with E-state index in [1.165, 1.54) is 4.90 Å². The highest BCUT2D eigenvalue weighted by molar-refractivity contribution is 6.02. The minimum Gasteiger partial charge on any atom is -0.349 e. The third-order valence-corrected chi connectivity index (χ3v) is 1.99. The fourth-order valence-electron chi connectivity index (χ4n) is 1.11. The van der Waals surface area contributed by atoms with Gasteiger partial charge in [0.05, 0.1) is 6.54 Å². The molecule has 0 aromatic rings. The Morgan fingerprint density at radius 3 is 2.57 bits per heavy atom. The molecule has 0 saturated carbocycles. The first-order valence-electron chi connectivity index (χ1n) is 4.30. The SMILES string of the molecule is CN(C)C(=O)CCN1C(=O)CNC1=O. The lowest BCUT2D eigenvalue weighted by molar-refractivity contribution is -0.129. The van der Waals surface area contributed by atoms with Crippen LogP contribution in [-0.4, -0.2) is 54.8 Å². The lowest BCUT2D eigenvalue weighted by atomic mass is 10.3. The predicted molar refractivity (Wildman–Crippen MR) is 48.4 cm³/mol. The van der Waals surface area contributed by atoms with Crippen molar-refractivity contribution in [2.24, 2.45) is 0 Å². The summed E-state index contributed by atoms with van der Waals surface area (Å²) in [7, 11) is 3.27. The molecule has 0 bridgehead atoms. The summed E-state index contributed by atoms with van der Waals surface area (Å²) in [5.74, 6) is -0.376. The van der Waals surface area contributed by atoms with E-state index in [1.807, 2.05) is 0 Å². The van der Waals surface area contributed by atoms with Crippen molar-refractivity contribution in [1.29, 1.82) is 0 Å². The van der Waals surface area contributed by atoms with Gasteiger partial charge in [0.25, 0.3) is 0 Å². The zero-order chi connectivity index (χ0) is 10.7. The van der Waals surface area contributed by atoms with Gasteiger partial charge in [-0.2, -0.15) is 0 Å². The highest BCUT2D eigenvalue weighted by Crippen LogP contribution is 2.00. The number of carbonyl (C=O) groups is 3. The smallest absolute Gasteiger partial charge is 0.324 e. The first-order chi connectivity index (χ1) is 6.52. The zero-order valence-electron chi connectivity index (χ0n) is 8.24. The Hall–Kier alpha value is -1.59.